The predicted octanol–water partition coefficient (Wildman–Crippen LogP) is 2.33. The summed E-state index contributed by atoms with van der Waals surface area (Å²) >= 11 is 0. The molecule has 2 amide bonds. The minimum Gasteiger partial charge on any atom is -0.376 e. The first-order valence-electron chi connectivity index (χ1n) is 8.98. The number of carbonyl (C=O) groups excluding carboxylic acids is 2. The molecular weight excluding hydrogens is 316 g/mol. The number of benzene rings is 1. The van der Waals surface area contributed by atoms with Crippen molar-refractivity contribution < 1.29 is 9.59 Å². The Bertz CT molecular complexity index is 685. The van der Waals surface area contributed by atoms with Gasteiger partial charge in [0.2, 0.25) is 5.91 Å². The van der Waals surface area contributed by atoms with Crippen LogP contribution in [0.15, 0.2) is 24.3 Å². The molecule has 2 fully saturated rings. The molecule has 2 aliphatic carbocycles. The van der Waals surface area contributed by atoms with Gasteiger partial charge in [-0.15, -0.1) is 0 Å². The van der Waals surface area contributed by atoms with E-state index in [0.717, 1.165) is 32.1 Å². The van der Waals surface area contributed by atoms with E-state index < -0.39 is 5.54 Å². The number of hydrogen-bond acceptors (Lipinski definition) is 4. The second kappa shape index (κ2) is 7.56. The number of nitrogens with zero attached hydrogens (tertiary/aromatic N) is 1. The number of rotatable bonds is 6. The highest BCUT2D eigenvalue weighted by atomic mass is 16.2. The summed E-state index contributed by atoms with van der Waals surface area (Å²) in [5.74, 6) is -0.340. The lowest BCUT2D eigenvalue weighted by Crippen LogP contribution is -2.50. The molecule has 2 aliphatic rings. The van der Waals surface area contributed by atoms with Gasteiger partial charge in [0.05, 0.1) is 18.2 Å². The second-order valence-electron chi connectivity index (χ2n) is 6.95. The maximum atomic E-state index is 12.3. The topological polar surface area (TPSA) is 94.0 Å². The zero-order chi connectivity index (χ0) is 17.7. The molecule has 132 valence electrons. The van der Waals surface area contributed by atoms with Crippen LogP contribution in [0.3, 0.4) is 0 Å². The van der Waals surface area contributed by atoms with Crippen molar-refractivity contribution in [1.82, 2.24) is 10.6 Å². The molecule has 0 bridgehead atoms. The van der Waals surface area contributed by atoms with Crippen LogP contribution in [0.5, 0.6) is 0 Å². The zero-order valence-corrected chi connectivity index (χ0v) is 14.3. The molecule has 0 atom stereocenters. The summed E-state index contributed by atoms with van der Waals surface area (Å²) in [5.41, 5.74) is 0.431. The van der Waals surface area contributed by atoms with E-state index in [-0.39, 0.29) is 24.4 Å². The van der Waals surface area contributed by atoms with Crippen molar-refractivity contribution in [1.29, 1.82) is 5.26 Å². The van der Waals surface area contributed by atoms with Gasteiger partial charge in [0.1, 0.15) is 5.54 Å². The van der Waals surface area contributed by atoms with Crippen LogP contribution in [0.4, 0.5) is 5.69 Å². The predicted molar refractivity (Wildman–Crippen MR) is 95.0 cm³/mol. The Morgan fingerprint density at radius 2 is 1.88 bits per heavy atom. The van der Waals surface area contributed by atoms with Crippen LogP contribution in [0.25, 0.3) is 0 Å². The molecular formula is C19H24N4O2. The van der Waals surface area contributed by atoms with Crippen molar-refractivity contribution in [2.75, 3.05) is 11.9 Å². The van der Waals surface area contributed by atoms with Gasteiger partial charge in [0, 0.05) is 11.7 Å². The number of anilines is 1. The molecule has 0 spiro atoms. The van der Waals surface area contributed by atoms with Crippen LogP contribution in [0, 0.1) is 11.3 Å². The van der Waals surface area contributed by atoms with E-state index in [4.69, 9.17) is 0 Å². The van der Waals surface area contributed by atoms with Gasteiger partial charge in [0.15, 0.2) is 0 Å². The van der Waals surface area contributed by atoms with E-state index in [1.807, 2.05) is 6.07 Å². The van der Waals surface area contributed by atoms with Crippen molar-refractivity contribution in [3.8, 4) is 6.07 Å². The maximum Gasteiger partial charge on any atom is 0.253 e. The van der Waals surface area contributed by atoms with E-state index in [1.54, 1.807) is 18.2 Å². The largest absolute Gasteiger partial charge is 0.376 e. The number of carbonyl (C=O) groups is 2. The smallest absolute Gasteiger partial charge is 0.253 e. The summed E-state index contributed by atoms with van der Waals surface area (Å²) in [7, 11) is 0. The van der Waals surface area contributed by atoms with Crippen LogP contribution in [0.1, 0.15) is 55.3 Å². The fraction of sp³-hybridized carbons (Fsp3) is 0.526. The molecule has 6 nitrogen and oxygen atoms in total. The molecule has 0 radical (unpaired) electrons. The normalized spacial score (nSPS) is 18.7. The number of nitrogens with one attached hydrogen (secondary N) is 3. The van der Waals surface area contributed by atoms with Crippen LogP contribution < -0.4 is 16.0 Å². The van der Waals surface area contributed by atoms with Crippen molar-refractivity contribution >= 4 is 17.5 Å². The van der Waals surface area contributed by atoms with Gasteiger partial charge >= 0.3 is 0 Å². The highest BCUT2D eigenvalue weighted by molar-refractivity contribution is 6.00. The van der Waals surface area contributed by atoms with Crippen molar-refractivity contribution in [2.45, 2.75) is 56.5 Å². The number of para-hydroxylation sites is 1. The minimum absolute atomic E-state index is 0.0388. The average Bonchev–Trinajstić information content (AvgIpc) is 3.45. The van der Waals surface area contributed by atoms with Crippen molar-refractivity contribution in [3.05, 3.63) is 29.8 Å². The van der Waals surface area contributed by atoms with Crippen LogP contribution in [-0.2, 0) is 4.79 Å². The van der Waals surface area contributed by atoms with Gasteiger partial charge in [-0.1, -0.05) is 31.4 Å². The van der Waals surface area contributed by atoms with Gasteiger partial charge in [-0.3, -0.25) is 9.59 Å². The van der Waals surface area contributed by atoms with Gasteiger partial charge < -0.3 is 16.0 Å². The van der Waals surface area contributed by atoms with E-state index in [9.17, 15) is 14.9 Å². The third kappa shape index (κ3) is 4.50. The molecule has 3 N–H and O–H groups in total. The van der Waals surface area contributed by atoms with Crippen LogP contribution >= 0.6 is 0 Å². The van der Waals surface area contributed by atoms with E-state index >= 15 is 0 Å². The minimum atomic E-state index is -0.736. The lowest BCUT2D eigenvalue weighted by molar-refractivity contribution is -0.121. The van der Waals surface area contributed by atoms with Crippen molar-refractivity contribution in [3.63, 3.8) is 0 Å². The summed E-state index contributed by atoms with van der Waals surface area (Å²) in [6, 6.07) is 9.73. The zero-order valence-electron chi connectivity index (χ0n) is 14.3. The highest BCUT2D eigenvalue weighted by Gasteiger charge is 2.33. The third-order valence-corrected chi connectivity index (χ3v) is 4.82. The van der Waals surface area contributed by atoms with Gasteiger partial charge in [-0.05, 0) is 37.8 Å². The second-order valence-corrected chi connectivity index (χ2v) is 6.95. The Morgan fingerprint density at radius 3 is 2.56 bits per heavy atom. The molecule has 25 heavy (non-hydrogen) atoms. The Hall–Kier alpha value is -2.55. The summed E-state index contributed by atoms with van der Waals surface area (Å²) in [4.78, 5) is 24.6. The maximum absolute atomic E-state index is 12.3. The monoisotopic (exact) mass is 340 g/mol. The molecule has 0 aliphatic heterocycles. The summed E-state index contributed by atoms with van der Waals surface area (Å²) in [6.45, 7) is 0.0388. The summed E-state index contributed by atoms with van der Waals surface area (Å²) in [5, 5.41) is 18.3. The lowest BCUT2D eigenvalue weighted by Gasteiger charge is -2.31. The highest BCUT2D eigenvalue weighted by Crippen LogP contribution is 2.27. The third-order valence-electron chi connectivity index (χ3n) is 4.82. The Labute approximate surface area is 148 Å². The molecule has 2 saturated carbocycles. The van der Waals surface area contributed by atoms with E-state index in [0.29, 0.717) is 24.1 Å². The number of hydrogen-bond donors (Lipinski definition) is 3. The summed E-state index contributed by atoms with van der Waals surface area (Å²) < 4.78 is 0. The molecule has 0 heterocycles. The van der Waals surface area contributed by atoms with E-state index in [1.165, 1.54) is 0 Å². The standard InChI is InChI=1S/C19H24N4O2/c20-13-19(10-4-1-5-11-19)23-17(24)12-21-16-7-3-2-6-15(16)18(25)22-14-8-9-14/h2-3,6-7,14,21H,1,4-5,8-12H2,(H,22,25)(H,23,24). The SMILES string of the molecule is N#CC1(NC(=O)CNc2ccccc2C(=O)NC2CC2)CCCCC1. The molecule has 3 rings (SSSR count). The average molecular weight is 340 g/mol. The summed E-state index contributed by atoms with van der Waals surface area (Å²) in [6.07, 6.45) is 6.50. The molecule has 1 aromatic rings. The van der Waals surface area contributed by atoms with E-state index in [2.05, 4.69) is 22.0 Å². The first kappa shape index (κ1) is 17.3. The van der Waals surface area contributed by atoms with Crippen LogP contribution in [0.2, 0.25) is 0 Å². The molecule has 6 heteroatoms. The van der Waals surface area contributed by atoms with Gasteiger partial charge in [-0.25, -0.2) is 0 Å². The number of nitriles is 1. The first-order valence-corrected chi connectivity index (χ1v) is 8.98. The first-order chi connectivity index (χ1) is 12.1. The molecule has 0 aromatic heterocycles. The molecule has 1 aromatic carbocycles. The van der Waals surface area contributed by atoms with Gasteiger partial charge in [-0.2, -0.15) is 5.26 Å². The van der Waals surface area contributed by atoms with Crippen molar-refractivity contribution in [2.24, 2.45) is 0 Å². The quantitative estimate of drug-likeness (QED) is 0.741. The fourth-order valence-corrected chi connectivity index (χ4v) is 3.23. The Kier molecular flexibility index (Phi) is 5.22. The molecule has 0 saturated heterocycles. The number of amides is 2. The van der Waals surface area contributed by atoms with Gasteiger partial charge in [0.25, 0.3) is 5.91 Å². The fourth-order valence-electron chi connectivity index (χ4n) is 3.23. The Morgan fingerprint density at radius 1 is 1.16 bits per heavy atom. The Balaban J connectivity index is 1.58. The molecule has 0 unspecified atom stereocenters. The van der Waals surface area contributed by atoms with Crippen LogP contribution in [-0.4, -0.2) is 29.9 Å². The lowest BCUT2D eigenvalue weighted by atomic mass is 9.83.